The van der Waals surface area contributed by atoms with Crippen LogP contribution in [0.1, 0.15) is 25.7 Å². The molecule has 0 amide bonds. The lowest BCUT2D eigenvalue weighted by molar-refractivity contribution is -0.118. The Bertz CT molecular complexity index is 182. The molecule has 0 aromatic rings. The highest BCUT2D eigenvalue weighted by Crippen LogP contribution is 2.49. The fourth-order valence-corrected chi connectivity index (χ4v) is 2.33. The molecule has 0 aromatic carbocycles. The molecular weight excluding hydrogens is 150 g/mol. The molecule has 0 saturated heterocycles. The van der Waals surface area contributed by atoms with E-state index in [9.17, 15) is 13.6 Å². The van der Waals surface area contributed by atoms with E-state index < -0.39 is 5.92 Å². The van der Waals surface area contributed by atoms with Crippen molar-refractivity contribution in [1.82, 2.24) is 0 Å². The minimum absolute atomic E-state index is 0.00231. The first-order chi connectivity index (χ1) is 5.07. The average molecular weight is 160 g/mol. The average Bonchev–Trinajstić information content (AvgIpc) is 2.17. The van der Waals surface area contributed by atoms with E-state index in [0.717, 1.165) is 0 Å². The summed E-state index contributed by atoms with van der Waals surface area (Å²) in [5, 5.41) is 0. The molecule has 2 aliphatic carbocycles. The van der Waals surface area contributed by atoms with Crippen molar-refractivity contribution in [2.45, 2.75) is 31.6 Å². The summed E-state index contributed by atoms with van der Waals surface area (Å²) in [4.78, 5) is 10.8. The van der Waals surface area contributed by atoms with Crippen molar-refractivity contribution in [1.29, 1.82) is 0 Å². The molecule has 0 N–H and O–H groups in total. The summed E-state index contributed by atoms with van der Waals surface area (Å²) >= 11 is 0. The van der Waals surface area contributed by atoms with Crippen molar-refractivity contribution in [3.05, 3.63) is 0 Å². The lowest BCUT2D eigenvalue weighted by atomic mass is 10.0. The molecule has 2 unspecified atom stereocenters. The second-order valence-electron chi connectivity index (χ2n) is 3.73. The summed E-state index contributed by atoms with van der Waals surface area (Å²) in [5.74, 6) is -2.30. The first-order valence-electron chi connectivity index (χ1n) is 3.96. The van der Waals surface area contributed by atoms with Crippen molar-refractivity contribution < 1.29 is 13.6 Å². The number of fused-ring (bicyclic) bond motifs is 1. The van der Waals surface area contributed by atoms with Gasteiger partial charge in [0.1, 0.15) is 5.78 Å². The lowest BCUT2D eigenvalue weighted by Crippen LogP contribution is -2.11. The molecule has 0 heterocycles. The third-order valence-electron chi connectivity index (χ3n) is 2.77. The van der Waals surface area contributed by atoms with Gasteiger partial charge in [-0.05, 0) is 11.8 Å². The number of rotatable bonds is 0. The molecular formula is C8H10F2O. The molecule has 2 rings (SSSR count). The maximum absolute atomic E-state index is 12.7. The van der Waals surface area contributed by atoms with E-state index >= 15 is 0 Å². The van der Waals surface area contributed by atoms with E-state index in [-0.39, 0.29) is 30.5 Å². The number of hydrogen-bond donors (Lipinski definition) is 0. The minimum atomic E-state index is -2.48. The third kappa shape index (κ3) is 1.17. The van der Waals surface area contributed by atoms with Crippen molar-refractivity contribution in [2.75, 3.05) is 0 Å². The highest BCUT2D eigenvalue weighted by atomic mass is 19.3. The summed E-state index contributed by atoms with van der Waals surface area (Å²) in [5.41, 5.74) is 0. The van der Waals surface area contributed by atoms with Crippen LogP contribution >= 0.6 is 0 Å². The van der Waals surface area contributed by atoms with Crippen LogP contribution in [0.25, 0.3) is 0 Å². The van der Waals surface area contributed by atoms with E-state index in [1.54, 1.807) is 0 Å². The molecule has 0 spiro atoms. The van der Waals surface area contributed by atoms with E-state index in [0.29, 0.717) is 12.8 Å². The first kappa shape index (κ1) is 7.19. The second kappa shape index (κ2) is 2.02. The zero-order valence-electron chi connectivity index (χ0n) is 6.15. The highest BCUT2D eigenvalue weighted by molar-refractivity contribution is 5.81. The van der Waals surface area contributed by atoms with Crippen molar-refractivity contribution in [2.24, 2.45) is 11.8 Å². The van der Waals surface area contributed by atoms with Crippen LogP contribution in [0.5, 0.6) is 0 Å². The summed E-state index contributed by atoms with van der Waals surface area (Å²) in [6.45, 7) is 0. The topological polar surface area (TPSA) is 17.1 Å². The van der Waals surface area contributed by atoms with Crippen LogP contribution in [0.4, 0.5) is 8.78 Å². The van der Waals surface area contributed by atoms with Crippen LogP contribution in [0, 0.1) is 11.8 Å². The summed E-state index contributed by atoms with van der Waals surface area (Å²) in [7, 11) is 0. The van der Waals surface area contributed by atoms with E-state index in [2.05, 4.69) is 0 Å². The third-order valence-corrected chi connectivity index (χ3v) is 2.77. The Morgan fingerprint density at radius 3 is 2.09 bits per heavy atom. The standard InChI is InChI=1S/C8H10F2O/c9-8(10)3-5-1-7(11)2-6(5)4-8/h5-6H,1-4H2. The maximum Gasteiger partial charge on any atom is 0.248 e. The van der Waals surface area contributed by atoms with E-state index in [4.69, 9.17) is 0 Å². The number of alkyl halides is 2. The monoisotopic (exact) mass is 160 g/mol. The molecule has 62 valence electrons. The number of hydrogen-bond acceptors (Lipinski definition) is 1. The number of halogens is 2. The van der Waals surface area contributed by atoms with Crippen LogP contribution in [0.15, 0.2) is 0 Å². The van der Waals surface area contributed by atoms with Crippen LogP contribution in [-0.4, -0.2) is 11.7 Å². The Morgan fingerprint density at radius 2 is 1.64 bits per heavy atom. The van der Waals surface area contributed by atoms with Crippen LogP contribution in [-0.2, 0) is 4.79 Å². The molecule has 11 heavy (non-hydrogen) atoms. The van der Waals surface area contributed by atoms with Gasteiger partial charge in [-0.1, -0.05) is 0 Å². The van der Waals surface area contributed by atoms with Gasteiger partial charge in [0, 0.05) is 25.7 Å². The fraction of sp³-hybridized carbons (Fsp3) is 0.875. The first-order valence-corrected chi connectivity index (χ1v) is 3.96. The Morgan fingerprint density at radius 1 is 1.18 bits per heavy atom. The second-order valence-corrected chi connectivity index (χ2v) is 3.73. The Labute approximate surface area is 63.8 Å². The van der Waals surface area contributed by atoms with Gasteiger partial charge in [-0.3, -0.25) is 4.79 Å². The summed E-state index contributed by atoms with van der Waals surface area (Å²) in [6, 6.07) is 0. The molecule has 3 heteroatoms. The maximum atomic E-state index is 12.7. The van der Waals surface area contributed by atoms with Gasteiger partial charge in [-0.2, -0.15) is 0 Å². The van der Waals surface area contributed by atoms with Gasteiger partial charge in [0.05, 0.1) is 0 Å². The van der Waals surface area contributed by atoms with E-state index in [1.807, 2.05) is 0 Å². The summed E-state index contributed by atoms with van der Waals surface area (Å²) < 4.78 is 25.4. The molecule has 2 saturated carbocycles. The molecule has 0 aliphatic heterocycles. The molecule has 0 radical (unpaired) electrons. The number of Topliss-reactive ketones (excluding diaryl/α,β-unsaturated/α-hetero) is 1. The summed E-state index contributed by atoms with van der Waals surface area (Å²) in [6.07, 6.45) is 0.702. The minimum Gasteiger partial charge on any atom is -0.300 e. The zero-order chi connectivity index (χ0) is 8.06. The van der Waals surface area contributed by atoms with Crippen molar-refractivity contribution in [3.63, 3.8) is 0 Å². The predicted octanol–water partition coefficient (Wildman–Crippen LogP) is 2.01. The number of ketones is 1. The number of carbonyl (C=O) groups excluding carboxylic acids is 1. The van der Waals surface area contributed by atoms with Gasteiger partial charge in [0.25, 0.3) is 0 Å². The smallest absolute Gasteiger partial charge is 0.248 e. The Hall–Kier alpha value is -0.470. The molecule has 0 aromatic heterocycles. The van der Waals surface area contributed by atoms with Gasteiger partial charge in [-0.25, -0.2) is 8.78 Å². The molecule has 1 nitrogen and oxygen atoms in total. The Kier molecular flexibility index (Phi) is 1.32. The van der Waals surface area contributed by atoms with Gasteiger partial charge in [-0.15, -0.1) is 0 Å². The molecule has 0 bridgehead atoms. The molecule has 2 fully saturated rings. The SMILES string of the molecule is O=C1CC2CC(F)(F)CC2C1. The highest BCUT2D eigenvalue weighted by Gasteiger charge is 2.50. The quantitative estimate of drug-likeness (QED) is 0.529. The fourth-order valence-electron chi connectivity index (χ4n) is 2.33. The molecule has 2 aliphatic rings. The van der Waals surface area contributed by atoms with Gasteiger partial charge in [0.2, 0.25) is 5.92 Å². The molecule has 2 atom stereocenters. The van der Waals surface area contributed by atoms with Crippen LogP contribution in [0.3, 0.4) is 0 Å². The number of carbonyl (C=O) groups is 1. The van der Waals surface area contributed by atoms with Gasteiger partial charge in [0.15, 0.2) is 0 Å². The van der Waals surface area contributed by atoms with Crippen molar-refractivity contribution >= 4 is 5.78 Å². The van der Waals surface area contributed by atoms with Crippen molar-refractivity contribution in [3.8, 4) is 0 Å². The zero-order valence-corrected chi connectivity index (χ0v) is 6.15. The van der Waals surface area contributed by atoms with E-state index in [1.165, 1.54) is 0 Å². The Balaban J connectivity index is 2.09. The lowest BCUT2D eigenvalue weighted by Gasteiger charge is -2.07. The van der Waals surface area contributed by atoms with Crippen LogP contribution in [0.2, 0.25) is 0 Å². The predicted molar refractivity (Wildman–Crippen MR) is 35.4 cm³/mol. The van der Waals surface area contributed by atoms with Gasteiger partial charge < -0.3 is 0 Å². The van der Waals surface area contributed by atoms with Gasteiger partial charge >= 0.3 is 0 Å². The largest absolute Gasteiger partial charge is 0.300 e. The normalized spacial score (nSPS) is 41.1. The van der Waals surface area contributed by atoms with Crippen LogP contribution < -0.4 is 0 Å².